The zero-order chi connectivity index (χ0) is 47.7. The monoisotopic (exact) mass is 939 g/mol. The second-order valence-electron chi connectivity index (χ2n) is 18.7. The summed E-state index contributed by atoms with van der Waals surface area (Å²) >= 11 is 14.5. The zero-order valence-electron chi connectivity index (χ0n) is 38.4. The summed E-state index contributed by atoms with van der Waals surface area (Å²) in [4.78, 5) is 77.3. The quantitative estimate of drug-likeness (QED) is 0.123. The van der Waals surface area contributed by atoms with E-state index in [1.54, 1.807) is 71.7 Å². The van der Waals surface area contributed by atoms with Crippen LogP contribution in [0, 0.1) is 6.92 Å². The molecule has 0 radical (unpaired) electrons. The van der Waals surface area contributed by atoms with E-state index in [1.807, 2.05) is 48.5 Å². The lowest BCUT2D eigenvalue weighted by molar-refractivity contribution is -0.120. The van der Waals surface area contributed by atoms with Crippen molar-refractivity contribution in [2.24, 2.45) is 0 Å². The first-order chi connectivity index (χ1) is 31.2. The van der Waals surface area contributed by atoms with Crippen LogP contribution in [0.3, 0.4) is 0 Å². The fraction of sp³-hybridized carbons (Fsp3) is 0.408. The molecule has 7 rings (SSSR count). The molecule has 4 amide bonds. The van der Waals surface area contributed by atoms with Crippen LogP contribution in [0.25, 0.3) is 39.2 Å². The van der Waals surface area contributed by atoms with Crippen LogP contribution in [0.5, 0.6) is 5.88 Å². The molecule has 2 aliphatic heterocycles. The number of carbonyl (C=O) groups is 4. The Morgan fingerprint density at radius 2 is 1.27 bits per heavy atom. The first-order valence-corrected chi connectivity index (χ1v) is 22.6. The Kier molecular flexibility index (Phi) is 14.0. The largest absolute Gasteiger partial charge is 0.481 e. The molecule has 0 unspecified atom stereocenters. The van der Waals surface area contributed by atoms with E-state index >= 15 is 0 Å². The van der Waals surface area contributed by atoms with Gasteiger partial charge in [-0.1, -0.05) is 59.6 Å². The van der Waals surface area contributed by atoms with Crippen LogP contribution >= 0.6 is 23.2 Å². The van der Waals surface area contributed by atoms with Crippen LogP contribution in [-0.4, -0.2) is 91.7 Å². The van der Waals surface area contributed by atoms with Crippen LogP contribution in [0.15, 0.2) is 71.7 Å². The molecule has 5 heterocycles. The Labute approximate surface area is 393 Å². The van der Waals surface area contributed by atoms with Gasteiger partial charge in [0, 0.05) is 77.6 Å². The third kappa shape index (κ3) is 11.1. The molecular formula is C49H55Cl2N7O8. The molecule has 2 aromatic carbocycles. The third-order valence-corrected chi connectivity index (χ3v) is 12.0. The molecule has 0 aliphatic carbocycles. The van der Waals surface area contributed by atoms with Crippen molar-refractivity contribution < 1.29 is 33.4 Å². The summed E-state index contributed by atoms with van der Waals surface area (Å²) in [5.41, 5.74) is 3.76. The molecule has 348 valence electrons. The van der Waals surface area contributed by atoms with Gasteiger partial charge in [-0.2, -0.15) is 0 Å². The average molecular weight is 941 g/mol. The van der Waals surface area contributed by atoms with E-state index in [-0.39, 0.29) is 55.6 Å². The number of hydrogen-bond acceptors (Lipinski definition) is 10. The number of halogens is 2. The average Bonchev–Trinajstić information content (AvgIpc) is 3.87. The van der Waals surface area contributed by atoms with Crippen molar-refractivity contribution in [3.63, 3.8) is 0 Å². The summed E-state index contributed by atoms with van der Waals surface area (Å²) in [5, 5.41) is 6.64. The number of fused-ring (bicyclic) bond motifs is 1. The molecule has 15 nitrogen and oxygen atoms in total. The van der Waals surface area contributed by atoms with E-state index in [9.17, 15) is 24.0 Å². The molecule has 66 heavy (non-hydrogen) atoms. The van der Waals surface area contributed by atoms with Gasteiger partial charge in [-0.05, 0) is 91.1 Å². The minimum absolute atomic E-state index is 0.0105. The van der Waals surface area contributed by atoms with Crippen LogP contribution in [0.4, 0.5) is 9.59 Å². The SMILES string of the molecule is COc1nc(-c2cccc(-c3cccc(-c4ccn5c(=O)c(C)c(CN(C[C@H]6CCC(=O)N6)C(=O)OC(C)(C)C)nc5c4)c3Cl)c2Cl)ccc1CN(C[C@@H]1CCC(=O)N1)C(=O)OC(C)(C)C. The lowest BCUT2D eigenvalue weighted by atomic mass is 9.97. The summed E-state index contributed by atoms with van der Waals surface area (Å²) in [6.07, 6.45) is 2.50. The van der Waals surface area contributed by atoms with Gasteiger partial charge in [-0.25, -0.2) is 19.6 Å². The van der Waals surface area contributed by atoms with Gasteiger partial charge in [0.1, 0.15) is 16.8 Å². The predicted octanol–water partition coefficient (Wildman–Crippen LogP) is 8.75. The fourth-order valence-electron chi connectivity index (χ4n) is 8.02. The maximum atomic E-state index is 13.8. The predicted molar refractivity (Wildman–Crippen MR) is 252 cm³/mol. The highest BCUT2D eigenvalue weighted by Crippen LogP contribution is 2.42. The number of methoxy groups -OCH3 is 1. The molecule has 17 heteroatoms. The molecule has 3 aromatic heterocycles. The molecule has 0 spiro atoms. The maximum Gasteiger partial charge on any atom is 0.410 e. The summed E-state index contributed by atoms with van der Waals surface area (Å²) < 4.78 is 18.6. The molecule has 2 N–H and O–H groups in total. The normalized spacial score (nSPS) is 16.2. The van der Waals surface area contributed by atoms with Gasteiger partial charge in [0.25, 0.3) is 5.56 Å². The van der Waals surface area contributed by atoms with Crippen molar-refractivity contribution >= 4 is 52.8 Å². The Morgan fingerprint density at radius 1 is 0.742 bits per heavy atom. The van der Waals surface area contributed by atoms with Crippen molar-refractivity contribution in [1.29, 1.82) is 0 Å². The highest BCUT2D eigenvalue weighted by atomic mass is 35.5. The topological polar surface area (TPSA) is 174 Å². The molecule has 2 saturated heterocycles. The van der Waals surface area contributed by atoms with Crippen molar-refractivity contribution in [2.45, 2.75) is 111 Å². The molecule has 5 aromatic rings. The Balaban J connectivity index is 1.18. The standard InChI is InChI=1S/C49H55Cl2N7O8/c1-28-38(27-57(47(63)66-49(5,6)7)26-32-17-20-41(60)53-32)54-39-23-29(21-22-58(39)45(28)61)33-11-9-12-34(42(33)50)35-13-10-14-36(43(35)51)37-18-15-30(44(55-37)64-8)24-56(46(62)65-48(2,3)4)25-31-16-19-40(59)52-31/h9-15,18,21-23,31-32H,16-17,19-20,24-27H2,1-8H3,(H,52,59)(H,53,60)/t31-,32+/m0/s1. The number of hydrogen-bond donors (Lipinski definition) is 2. The van der Waals surface area contributed by atoms with Gasteiger partial charge < -0.3 is 34.6 Å². The first-order valence-electron chi connectivity index (χ1n) is 21.9. The summed E-state index contributed by atoms with van der Waals surface area (Å²) in [5.74, 6) is 0.163. The van der Waals surface area contributed by atoms with Gasteiger partial charge in [0.05, 0.1) is 41.6 Å². The van der Waals surface area contributed by atoms with Crippen LogP contribution < -0.4 is 20.9 Å². The van der Waals surface area contributed by atoms with Crippen molar-refractivity contribution in [3.05, 3.63) is 104 Å². The van der Waals surface area contributed by atoms with E-state index in [0.717, 1.165) is 0 Å². The highest BCUT2D eigenvalue weighted by Gasteiger charge is 2.31. The smallest absolute Gasteiger partial charge is 0.410 e. The Hall–Kier alpha value is -6.19. The number of nitrogens with one attached hydrogen (secondary N) is 2. The number of amides is 4. The van der Waals surface area contributed by atoms with Gasteiger partial charge >= 0.3 is 12.2 Å². The number of aromatic nitrogens is 3. The molecule has 0 saturated carbocycles. The second-order valence-corrected chi connectivity index (χ2v) is 19.4. The number of benzene rings is 2. The molecule has 2 fully saturated rings. The van der Waals surface area contributed by atoms with Gasteiger partial charge in [0.2, 0.25) is 17.7 Å². The van der Waals surface area contributed by atoms with E-state index in [0.29, 0.717) is 97.6 Å². The lowest BCUT2D eigenvalue weighted by Crippen LogP contribution is -2.44. The lowest BCUT2D eigenvalue weighted by Gasteiger charge is -2.29. The highest BCUT2D eigenvalue weighted by molar-refractivity contribution is 6.39. The maximum absolute atomic E-state index is 13.8. The van der Waals surface area contributed by atoms with Gasteiger partial charge in [-0.3, -0.25) is 18.8 Å². The summed E-state index contributed by atoms with van der Waals surface area (Å²) in [6.45, 7) is 13.0. The molecular weight excluding hydrogens is 885 g/mol. The number of nitrogens with zero attached hydrogens (tertiary/aromatic N) is 5. The fourth-order valence-corrected chi connectivity index (χ4v) is 8.68. The van der Waals surface area contributed by atoms with Gasteiger partial charge in [-0.15, -0.1) is 0 Å². The molecule has 2 atom stereocenters. The van der Waals surface area contributed by atoms with E-state index in [2.05, 4.69) is 10.6 Å². The summed E-state index contributed by atoms with van der Waals surface area (Å²) in [6, 6.07) is 17.9. The minimum Gasteiger partial charge on any atom is -0.481 e. The van der Waals surface area contributed by atoms with E-state index in [1.165, 1.54) is 16.4 Å². The van der Waals surface area contributed by atoms with Crippen LogP contribution in [-0.2, 0) is 32.2 Å². The first kappa shape index (κ1) is 47.8. The Morgan fingerprint density at radius 3 is 1.80 bits per heavy atom. The summed E-state index contributed by atoms with van der Waals surface area (Å²) in [7, 11) is 1.51. The third-order valence-electron chi connectivity index (χ3n) is 11.2. The Bertz CT molecular complexity index is 2760. The molecule has 2 aliphatic rings. The van der Waals surface area contributed by atoms with Crippen LogP contribution in [0.2, 0.25) is 10.0 Å². The van der Waals surface area contributed by atoms with Crippen molar-refractivity contribution in [1.82, 2.24) is 34.8 Å². The van der Waals surface area contributed by atoms with E-state index in [4.69, 9.17) is 47.4 Å². The second kappa shape index (κ2) is 19.3. The van der Waals surface area contributed by atoms with Crippen LogP contribution in [0.1, 0.15) is 84.0 Å². The number of carbonyl (C=O) groups excluding carboxylic acids is 4. The van der Waals surface area contributed by atoms with Gasteiger partial charge in [0.15, 0.2) is 0 Å². The molecule has 0 bridgehead atoms. The number of pyridine rings is 2. The van der Waals surface area contributed by atoms with E-state index < -0.39 is 23.4 Å². The number of rotatable bonds is 12. The van der Waals surface area contributed by atoms with Crippen molar-refractivity contribution in [3.8, 4) is 39.4 Å². The zero-order valence-corrected chi connectivity index (χ0v) is 39.9. The van der Waals surface area contributed by atoms with Crippen molar-refractivity contribution in [2.75, 3.05) is 20.2 Å². The minimum atomic E-state index is -0.767. The number of ether oxygens (including phenoxy) is 3.